The van der Waals surface area contributed by atoms with Gasteiger partial charge in [0.25, 0.3) is 0 Å². The van der Waals surface area contributed by atoms with Crippen LogP contribution in [0.5, 0.6) is 0 Å². The highest BCUT2D eigenvalue weighted by atomic mass is 19.4. The van der Waals surface area contributed by atoms with Crippen molar-refractivity contribution in [3.8, 4) is 0 Å². The Morgan fingerprint density at radius 3 is 2.57 bits per heavy atom. The Balaban J connectivity index is 3.45. The third-order valence-corrected chi connectivity index (χ3v) is 1.31. The van der Waals surface area contributed by atoms with Crippen molar-refractivity contribution in [2.24, 2.45) is 0 Å². The van der Waals surface area contributed by atoms with Gasteiger partial charge in [0.05, 0.1) is 0 Å². The first-order valence-electron chi connectivity index (χ1n) is 3.97. The molecule has 0 aliphatic rings. The number of halogens is 3. The molecule has 0 spiro atoms. The highest BCUT2D eigenvalue weighted by Gasteiger charge is 2.27. The van der Waals surface area contributed by atoms with Crippen LogP contribution >= 0.6 is 0 Å². The minimum atomic E-state index is -4.38. The molecule has 0 fully saturated rings. The van der Waals surface area contributed by atoms with Crippen molar-refractivity contribution < 1.29 is 27.9 Å². The zero-order chi connectivity index (χ0) is 11.2. The number of alkyl halides is 3. The third kappa shape index (κ3) is 9.27. The van der Waals surface area contributed by atoms with E-state index in [9.17, 15) is 18.0 Å². The van der Waals surface area contributed by atoms with Crippen molar-refractivity contribution >= 4 is 5.97 Å². The molecular formula is C7H12F3NO3. The molecule has 0 aliphatic carbocycles. The van der Waals surface area contributed by atoms with Crippen LogP contribution in [-0.2, 0) is 9.63 Å². The van der Waals surface area contributed by atoms with Crippen molar-refractivity contribution in [2.45, 2.75) is 32.0 Å². The SMILES string of the molecule is CC(CCC(=O)O)NOCC(F)(F)F. The summed E-state index contributed by atoms with van der Waals surface area (Å²) in [5.41, 5.74) is 2.11. The molecule has 0 aromatic carbocycles. The van der Waals surface area contributed by atoms with E-state index in [0.717, 1.165) is 0 Å². The molecule has 0 heterocycles. The lowest BCUT2D eigenvalue weighted by molar-refractivity contribution is -0.192. The Bertz CT molecular complexity index is 184. The van der Waals surface area contributed by atoms with Crippen molar-refractivity contribution in [1.82, 2.24) is 5.48 Å². The van der Waals surface area contributed by atoms with E-state index in [1.165, 1.54) is 0 Å². The molecule has 4 nitrogen and oxygen atoms in total. The van der Waals surface area contributed by atoms with E-state index < -0.39 is 24.8 Å². The van der Waals surface area contributed by atoms with E-state index in [1.807, 2.05) is 0 Å². The molecule has 0 rings (SSSR count). The maximum atomic E-state index is 11.6. The van der Waals surface area contributed by atoms with Crippen LogP contribution in [0.3, 0.4) is 0 Å². The lowest BCUT2D eigenvalue weighted by Gasteiger charge is -2.13. The van der Waals surface area contributed by atoms with E-state index in [2.05, 4.69) is 10.3 Å². The Morgan fingerprint density at radius 2 is 2.14 bits per heavy atom. The second kappa shape index (κ2) is 5.82. The number of hydrogen-bond acceptors (Lipinski definition) is 3. The monoisotopic (exact) mass is 215 g/mol. The van der Waals surface area contributed by atoms with Gasteiger partial charge in [-0.1, -0.05) is 0 Å². The molecule has 0 aliphatic heterocycles. The number of nitrogens with one attached hydrogen (secondary N) is 1. The summed E-state index contributed by atoms with van der Waals surface area (Å²) in [6.45, 7) is 0.156. The highest BCUT2D eigenvalue weighted by molar-refractivity contribution is 5.66. The smallest absolute Gasteiger partial charge is 0.413 e. The zero-order valence-corrected chi connectivity index (χ0v) is 7.60. The van der Waals surface area contributed by atoms with E-state index in [4.69, 9.17) is 5.11 Å². The van der Waals surface area contributed by atoms with Gasteiger partial charge in [-0.2, -0.15) is 18.7 Å². The van der Waals surface area contributed by atoms with Crippen LogP contribution < -0.4 is 5.48 Å². The average Bonchev–Trinajstić information content (AvgIpc) is 1.98. The molecule has 0 amide bonds. The number of aliphatic carboxylic acids is 1. The standard InChI is InChI=1S/C7H12F3NO3/c1-5(2-3-6(12)13)11-14-4-7(8,9)10/h5,11H,2-4H2,1H3,(H,12,13). The van der Waals surface area contributed by atoms with Crippen LogP contribution in [0.1, 0.15) is 19.8 Å². The summed E-state index contributed by atoms with van der Waals surface area (Å²) in [6, 6.07) is -0.423. The summed E-state index contributed by atoms with van der Waals surface area (Å²) in [6.07, 6.45) is -4.27. The first kappa shape index (κ1) is 13.2. The molecule has 7 heteroatoms. The fourth-order valence-corrected chi connectivity index (χ4v) is 0.665. The summed E-state index contributed by atoms with van der Waals surface area (Å²) in [4.78, 5) is 14.2. The van der Waals surface area contributed by atoms with Gasteiger partial charge in [-0.05, 0) is 13.3 Å². The first-order chi connectivity index (χ1) is 6.31. The summed E-state index contributed by atoms with van der Waals surface area (Å²) < 4.78 is 34.7. The summed E-state index contributed by atoms with van der Waals surface area (Å²) in [5, 5.41) is 8.27. The number of carboxylic acid groups (broad SMARTS) is 1. The first-order valence-corrected chi connectivity index (χ1v) is 3.97. The van der Waals surface area contributed by atoms with Crippen molar-refractivity contribution in [1.29, 1.82) is 0 Å². The maximum Gasteiger partial charge on any atom is 0.413 e. The second-order valence-electron chi connectivity index (χ2n) is 2.86. The number of rotatable bonds is 6. The van der Waals surface area contributed by atoms with Gasteiger partial charge in [0.15, 0.2) is 6.61 Å². The molecule has 1 unspecified atom stereocenters. The molecule has 0 aromatic rings. The predicted molar refractivity (Wildman–Crippen MR) is 41.5 cm³/mol. The van der Waals surface area contributed by atoms with Gasteiger partial charge >= 0.3 is 12.1 Å². The minimum Gasteiger partial charge on any atom is -0.481 e. The Morgan fingerprint density at radius 1 is 1.57 bits per heavy atom. The zero-order valence-electron chi connectivity index (χ0n) is 7.60. The number of carboxylic acids is 1. The fraction of sp³-hybridized carbons (Fsp3) is 0.857. The van der Waals surface area contributed by atoms with Gasteiger partial charge < -0.3 is 5.11 Å². The second-order valence-corrected chi connectivity index (χ2v) is 2.86. The quantitative estimate of drug-likeness (QED) is 0.656. The van der Waals surface area contributed by atoms with Gasteiger partial charge in [0, 0.05) is 12.5 Å². The molecule has 0 saturated carbocycles. The van der Waals surface area contributed by atoms with Gasteiger partial charge in [0.1, 0.15) is 0 Å². The van der Waals surface area contributed by atoms with Crippen LogP contribution in [0.25, 0.3) is 0 Å². The van der Waals surface area contributed by atoms with E-state index in [-0.39, 0.29) is 12.8 Å². The van der Waals surface area contributed by atoms with Crippen LogP contribution in [0.4, 0.5) is 13.2 Å². The van der Waals surface area contributed by atoms with Crippen molar-refractivity contribution in [3.63, 3.8) is 0 Å². The topological polar surface area (TPSA) is 58.6 Å². The molecular weight excluding hydrogens is 203 g/mol. The molecule has 0 bridgehead atoms. The number of carbonyl (C=O) groups is 1. The average molecular weight is 215 g/mol. The van der Waals surface area contributed by atoms with Gasteiger partial charge in [-0.3, -0.25) is 9.63 Å². The predicted octanol–water partition coefficient (Wildman–Crippen LogP) is 1.32. The van der Waals surface area contributed by atoms with Crippen molar-refractivity contribution in [2.75, 3.05) is 6.61 Å². The molecule has 0 aromatic heterocycles. The number of hydroxylamine groups is 1. The Labute approximate surface area is 79.0 Å². The van der Waals surface area contributed by atoms with Crippen molar-refractivity contribution in [3.05, 3.63) is 0 Å². The van der Waals surface area contributed by atoms with Crippen LogP contribution in [-0.4, -0.2) is 29.9 Å². The molecule has 1 atom stereocenters. The highest BCUT2D eigenvalue weighted by Crippen LogP contribution is 2.13. The maximum absolute atomic E-state index is 11.6. The van der Waals surface area contributed by atoms with Crippen LogP contribution in [0.15, 0.2) is 0 Å². The van der Waals surface area contributed by atoms with Crippen LogP contribution in [0.2, 0.25) is 0 Å². The van der Waals surface area contributed by atoms with Gasteiger partial charge in [-0.15, -0.1) is 0 Å². The van der Waals surface area contributed by atoms with Gasteiger partial charge in [0.2, 0.25) is 0 Å². The lowest BCUT2D eigenvalue weighted by Crippen LogP contribution is -2.31. The molecule has 14 heavy (non-hydrogen) atoms. The molecule has 84 valence electrons. The molecule has 0 radical (unpaired) electrons. The fourth-order valence-electron chi connectivity index (χ4n) is 0.665. The summed E-state index contributed by atoms with van der Waals surface area (Å²) in [7, 11) is 0. The number of hydrogen-bond donors (Lipinski definition) is 2. The lowest BCUT2D eigenvalue weighted by atomic mass is 10.2. The van der Waals surface area contributed by atoms with E-state index in [0.29, 0.717) is 0 Å². The van der Waals surface area contributed by atoms with Gasteiger partial charge in [-0.25, -0.2) is 0 Å². The normalized spacial score (nSPS) is 14.0. The Hall–Kier alpha value is -0.820. The van der Waals surface area contributed by atoms with E-state index >= 15 is 0 Å². The van der Waals surface area contributed by atoms with E-state index in [1.54, 1.807) is 6.92 Å². The minimum absolute atomic E-state index is 0.108. The largest absolute Gasteiger partial charge is 0.481 e. The molecule has 0 saturated heterocycles. The summed E-state index contributed by atoms with van der Waals surface area (Å²) >= 11 is 0. The van der Waals surface area contributed by atoms with Crippen LogP contribution in [0, 0.1) is 0 Å². The molecule has 2 N–H and O–H groups in total. The third-order valence-electron chi connectivity index (χ3n) is 1.31. The summed E-state index contributed by atoms with van der Waals surface area (Å²) in [5.74, 6) is -0.991. The Kier molecular flexibility index (Phi) is 5.47.